The van der Waals surface area contributed by atoms with Crippen molar-refractivity contribution in [2.45, 2.75) is 74.7 Å². The lowest BCUT2D eigenvalue weighted by atomic mass is 10.2. The molecule has 2 aromatic rings. The molecule has 0 bridgehead atoms. The molecule has 0 spiro atoms. The molecule has 2 heterocycles. The molecule has 1 saturated heterocycles. The molecule has 1 aliphatic heterocycles. The van der Waals surface area contributed by atoms with Crippen LogP contribution in [-0.2, 0) is 19.0 Å². The van der Waals surface area contributed by atoms with Gasteiger partial charge in [0.15, 0.2) is 13.3 Å². The third-order valence-corrected chi connectivity index (χ3v) is 13.4. The first-order valence-corrected chi connectivity index (χ1v) is 15.0. The van der Waals surface area contributed by atoms with E-state index in [0.29, 0.717) is 5.56 Å². The minimum Gasteiger partial charge on any atom is -0.413 e. The van der Waals surface area contributed by atoms with Crippen LogP contribution in [-0.4, -0.2) is 37.8 Å². The zero-order chi connectivity index (χ0) is 23.9. The Labute approximate surface area is 189 Å². The topological polar surface area (TPSA) is 107 Å². The Kier molecular flexibility index (Phi) is 6.46. The molecule has 2 atom stereocenters. The number of hydrogen-bond donors (Lipinski definition) is 1. The average Bonchev–Trinajstić information content (AvgIpc) is 3.15. The lowest BCUT2D eigenvalue weighted by Gasteiger charge is -2.39. The molecule has 1 aromatic carbocycles. The van der Waals surface area contributed by atoms with E-state index in [0.717, 1.165) is 0 Å². The summed E-state index contributed by atoms with van der Waals surface area (Å²) in [7, 11) is -6.24. The van der Waals surface area contributed by atoms with Gasteiger partial charge in [0.25, 0.3) is 5.56 Å². The maximum absolute atomic E-state index is 13.8. The van der Waals surface area contributed by atoms with Crippen LogP contribution in [0.2, 0.25) is 18.1 Å². The first-order chi connectivity index (χ1) is 14.7. The van der Waals surface area contributed by atoms with Crippen molar-refractivity contribution in [3.8, 4) is 0 Å². The van der Waals surface area contributed by atoms with E-state index >= 15 is 0 Å². The summed E-state index contributed by atoms with van der Waals surface area (Å²) in [6.45, 7) is 11.8. The molecular weight excluding hydrogens is 448 g/mol. The van der Waals surface area contributed by atoms with Crippen LogP contribution < -0.4 is 11.2 Å². The van der Waals surface area contributed by atoms with E-state index in [-0.39, 0.29) is 29.4 Å². The summed E-state index contributed by atoms with van der Waals surface area (Å²) in [5, 5.41) is -0.115. The van der Waals surface area contributed by atoms with E-state index in [1.165, 1.54) is 22.9 Å². The van der Waals surface area contributed by atoms with Crippen LogP contribution in [0.15, 0.2) is 51.0 Å². The SMILES string of the molecule is Cc1cn([C@H]2CC[C@](CO[Si](C)(C)C(C)(C)C)(S(=O)(=O)c3ccccc3)O2)c(=O)[nH]c1=O. The van der Waals surface area contributed by atoms with Crippen molar-refractivity contribution < 1.29 is 17.6 Å². The summed E-state index contributed by atoms with van der Waals surface area (Å²) in [6, 6.07) is 8.15. The van der Waals surface area contributed by atoms with E-state index in [1.807, 2.05) is 0 Å². The number of ether oxygens (including phenoxy) is 1. The fourth-order valence-corrected chi connectivity index (χ4v) is 6.32. The molecule has 1 fully saturated rings. The van der Waals surface area contributed by atoms with Gasteiger partial charge in [-0.05, 0) is 50.0 Å². The Hall–Kier alpha value is -2.01. The maximum atomic E-state index is 13.8. The molecule has 176 valence electrons. The minimum atomic E-state index is -3.95. The van der Waals surface area contributed by atoms with E-state index < -0.39 is 40.6 Å². The van der Waals surface area contributed by atoms with Gasteiger partial charge in [-0.1, -0.05) is 39.0 Å². The summed E-state index contributed by atoms with van der Waals surface area (Å²) in [5.74, 6) is 0. The number of nitrogens with zero attached hydrogens (tertiary/aromatic N) is 1. The molecule has 1 N–H and O–H groups in total. The standard InChI is InChI=1S/C22H32N2O6SSi/c1-16-14-24(20(26)23-19(16)25)18-12-13-22(30-18,15-29-32(5,6)21(2,3)4)31(27,28)17-10-8-7-9-11-17/h7-11,14,18H,12-13,15H2,1-6H3,(H,23,25,26)/t18-,22-/m1/s1. The first kappa shape index (κ1) is 24.6. The number of aryl methyl sites for hydroxylation is 1. The van der Waals surface area contributed by atoms with Crippen LogP contribution in [0.3, 0.4) is 0 Å². The van der Waals surface area contributed by atoms with E-state index in [9.17, 15) is 18.0 Å². The third-order valence-electron chi connectivity index (χ3n) is 6.58. The predicted octanol–water partition coefficient (Wildman–Crippen LogP) is 3.35. The Morgan fingerprint density at radius 2 is 1.84 bits per heavy atom. The summed E-state index contributed by atoms with van der Waals surface area (Å²) >= 11 is 0. The summed E-state index contributed by atoms with van der Waals surface area (Å²) in [6.07, 6.45) is 1.03. The van der Waals surface area contributed by atoms with Crippen LogP contribution in [0, 0.1) is 6.92 Å². The summed E-state index contributed by atoms with van der Waals surface area (Å²) in [4.78, 5) is 24.9. The van der Waals surface area contributed by atoms with Crippen molar-refractivity contribution in [1.82, 2.24) is 9.55 Å². The number of hydrogen-bond acceptors (Lipinski definition) is 6. The van der Waals surface area contributed by atoms with Crippen LogP contribution >= 0.6 is 0 Å². The molecule has 1 aliphatic rings. The first-order valence-electron chi connectivity index (χ1n) is 10.6. The molecule has 32 heavy (non-hydrogen) atoms. The van der Waals surface area contributed by atoms with Gasteiger partial charge in [0.05, 0.1) is 11.5 Å². The zero-order valence-corrected chi connectivity index (χ0v) is 21.3. The zero-order valence-electron chi connectivity index (χ0n) is 19.5. The largest absolute Gasteiger partial charge is 0.413 e. The number of sulfone groups is 1. The van der Waals surface area contributed by atoms with Gasteiger partial charge < -0.3 is 9.16 Å². The molecule has 0 amide bonds. The van der Waals surface area contributed by atoms with Gasteiger partial charge in [0.1, 0.15) is 6.23 Å². The van der Waals surface area contributed by atoms with Crippen LogP contribution in [0.25, 0.3) is 0 Å². The summed E-state index contributed by atoms with van der Waals surface area (Å²) < 4.78 is 41.3. The Bertz CT molecular complexity index is 1200. The normalized spacial score (nSPS) is 22.2. The number of benzene rings is 1. The Morgan fingerprint density at radius 1 is 1.22 bits per heavy atom. The van der Waals surface area contributed by atoms with Gasteiger partial charge in [-0.2, -0.15) is 0 Å². The second-order valence-corrected chi connectivity index (χ2v) is 16.9. The summed E-state index contributed by atoms with van der Waals surface area (Å²) in [5.41, 5.74) is -0.772. The number of aromatic amines is 1. The highest BCUT2D eigenvalue weighted by molar-refractivity contribution is 7.92. The molecule has 8 nitrogen and oxygen atoms in total. The molecule has 0 aliphatic carbocycles. The monoisotopic (exact) mass is 480 g/mol. The van der Waals surface area contributed by atoms with Crippen LogP contribution in [0.4, 0.5) is 0 Å². The maximum Gasteiger partial charge on any atom is 0.330 e. The highest BCUT2D eigenvalue weighted by Crippen LogP contribution is 2.45. The van der Waals surface area contributed by atoms with E-state index in [4.69, 9.17) is 9.16 Å². The van der Waals surface area contributed by atoms with Crippen molar-refractivity contribution in [2.24, 2.45) is 0 Å². The lowest BCUT2D eigenvalue weighted by Crippen LogP contribution is -2.49. The van der Waals surface area contributed by atoms with Gasteiger partial charge >= 0.3 is 5.69 Å². The highest BCUT2D eigenvalue weighted by atomic mass is 32.2. The number of aromatic nitrogens is 2. The highest BCUT2D eigenvalue weighted by Gasteiger charge is 2.54. The van der Waals surface area contributed by atoms with Gasteiger partial charge in [0, 0.05) is 11.8 Å². The molecule has 3 rings (SSSR count). The number of nitrogens with one attached hydrogen (secondary N) is 1. The van der Waals surface area contributed by atoms with Crippen molar-refractivity contribution in [3.63, 3.8) is 0 Å². The van der Waals surface area contributed by atoms with Gasteiger partial charge in [-0.25, -0.2) is 13.2 Å². The third kappa shape index (κ3) is 4.41. The van der Waals surface area contributed by atoms with Crippen LogP contribution in [0.1, 0.15) is 45.4 Å². The number of rotatable bonds is 6. The van der Waals surface area contributed by atoms with E-state index in [2.05, 4.69) is 38.8 Å². The molecule has 0 saturated carbocycles. The number of H-pyrrole nitrogens is 1. The van der Waals surface area contributed by atoms with Gasteiger partial charge in [-0.3, -0.25) is 14.3 Å². The fraction of sp³-hybridized carbons (Fsp3) is 0.545. The van der Waals surface area contributed by atoms with Crippen molar-refractivity contribution in [1.29, 1.82) is 0 Å². The van der Waals surface area contributed by atoms with Gasteiger partial charge in [-0.15, -0.1) is 0 Å². The minimum absolute atomic E-state index is 0.115. The lowest BCUT2D eigenvalue weighted by molar-refractivity contribution is -0.0481. The molecule has 0 radical (unpaired) electrons. The molecule has 10 heteroatoms. The Balaban J connectivity index is 2.04. The predicted molar refractivity (Wildman–Crippen MR) is 125 cm³/mol. The van der Waals surface area contributed by atoms with Crippen molar-refractivity contribution in [2.75, 3.05) is 6.61 Å². The van der Waals surface area contributed by atoms with E-state index in [1.54, 1.807) is 25.1 Å². The quantitative estimate of drug-likeness (QED) is 0.636. The molecule has 1 aromatic heterocycles. The van der Waals surface area contributed by atoms with Crippen LogP contribution in [0.5, 0.6) is 0 Å². The van der Waals surface area contributed by atoms with Crippen molar-refractivity contribution >= 4 is 18.2 Å². The molecular formula is C22H32N2O6SSi. The fourth-order valence-electron chi connectivity index (χ4n) is 3.41. The van der Waals surface area contributed by atoms with Crippen molar-refractivity contribution in [3.05, 3.63) is 62.9 Å². The average molecular weight is 481 g/mol. The van der Waals surface area contributed by atoms with Gasteiger partial charge in [0.2, 0.25) is 9.84 Å². The second-order valence-electron chi connectivity index (χ2n) is 9.87. The Morgan fingerprint density at radius 3 is 2.44 bits per heavy atom. The molecule has 0 unspecified atom stereocenters. The second kappa shape index (κ2) is 8.40. The smallest absolute Gasteiger partial charge is 0.330 e.